The third-order valence-electron chi connectivity index (χ3n) is 17.0. The molecule has 20 rings (SSSR count). The maximum atomic E-state index is 4.92. The summed E-state index contributed by atoms with van der Waals surface area (Å²) in [6.45, 7) is 4.28. The predicted octanol–water partition coefficient (Wildman–Crippen LogP) is 26.3. The normalized spacial score (nSPS) is 12.0. The minimum absolute atomic E-state index is 0.926. The van der Waals surface area contributed by atoms with Crippen molar-refractivity contribution in [3.63, 3.8) is 0 Å². The van der Waals surface area contributed by atoms with Crippen LogP contribution in [0, 0.1) is 13.8 Å². The van der Waals surface area contributed by atoms with Gasteiger partial charge < -0.3 is 0 Å². The van der Waals surface area contributed by atoms with Gasteiger partial charge in [0.25, 0.3) is 0 Å². The summed E-state index contributed by atoms with van der Waals surface area (Å²) in [5.74, 6) is 0. The third-order valence-corrected chi connectivity index (χ3v) is 31.5. The van der Waals surface area contributed by atoms with Crippen molar-refractivity contribution < 1.29 is 0 Å². The molecule has 15 aromatic heterocycles. The molecule has 0 bridgehead atoms. The molecule has 0 aliphatic heterocycles. The van der Waals surface area contributed by atoms with E-state index >= 15 is 0 Å². The number of aryl methyl sites for hydroxylation is 2. The van der Waals surface area contributed by atoms with Gasteiger partial charge in [0.15, 0.2) is 0 Å². The zero-order valence-corrected chi connectivity index (χ0v) is 62.2. The van der Waals surface area contributed by atoms with Crippen LogP contribution in [0.3, 0.4) is 0 Å². The lowest BCUT2D eigenvalue weighted by atomic mass is 10.1. The van der Waals surface area contributed by atoms with E-state index in [4.69, 9.17) is 43.7 Å². The lowest BCUT2D eigenvalue weighted by molar-refractivity contribution is 1.63. The average Bonchev–Trinajstić information content (AvgIpc) is 1.67. The van der Waals surface area contributed by atoms with Crippen LogP contribution >= 0.6 is 172 Å². The van der Waals surface area contributed by atoms with E-state index < -0.39 is 0 Å². The van der Waals surface area contributed by atoms with E-state index in [1.54, 1.807) is 113 Å². The highest BCUT2D eigenvalue weighted by atomic mass is 32.2. The highest BCUT2D eigenvalue weighted by Crippen LogP contribution is 2.51. The second kappa shape index (κ2) is 24.0. The van der Waals surface area contributed by atoms with Gasteiger partial charge in [0.05, 0.1) is 58.6 Å². The molecule has 5 aromatic carbocycles. The topological polar surface area (TPSA) is 129 Å². The molecule has 0 aliphatic carbocycles. The summed E-state index contributed by atoms with van der Waals surface area (Å²) in [4.78, 5) is 24.1. The Bertz CT molecular complexity index is 6060. The van der Waals surface area contributed by atoms with Crippen LogP contribution in [0.5, 0.6) is 0 Å². The molecule has 10 nitrogen and oxygen atoms in total. The highest BCUT2D eigenvalue weighted by molar-refractivity contribution is 7.27. The molecule has 0 spiro atoms. The highest BCUT2D eigenvalue weighted by Gasteiger charge is 2.25. The van der Waals surface area contributed by atoms with Crippen LogP contribution in [0.25, 0.3) is 199 Å². The van der Waals surface area contributed by atoms with Gasteiger partial charge in [-0.1, -0.05) is 60.7 Å². The monoisotopic (exact) mass is 1520 g/mol. The van der Waals surface area contributed by atoms with E-state index in [0.717, 1.165) is 130 Å². The van der Waals surface area contributed by atoms with Crippen molar-refractivity contribution in [1.82, 2.24) is 43.7 Å². The van der Waals surface area contributed by atoms with Gasteiger partial charge in [0, 0.05) is 153 Å². The number of thiophene rings is 10. The van der Waals surface area contributed by atoms with Crippen LogP contribution in [0.4, 0.5) is 0 Å². The van der Waals surface area contributed by atoms with Gasteiger partial charge in [0.2, 0.25) is 0 Å². The van der Waals surface area contributed by atoms with Gasteiger partial charge in [-0.25, -0.2) is 0 Å². The van der Waals surface area contributed by atoms with Crippen LogP contribution in [0.15, 0.2) is 182 Å². The largest absolute Gasteiger partial charge is 0.172 e. The molecule has 0 radical (unpaired) electrons. The summed E-state index contributed by atoms with van der Waals surface area (Å²) in [6.07, 6.45) is 0. The van der Waals surface area contributed by atoms with E-state index in [1.807, 2.05) is 0 Å². The molecule has 20 aromatic rings. The maximum Gasteiger partial charge on any atom is 0.114 e. The number of fused-ring (bicyclic) bond motifs is 5. The lowest BCUT2D eigenvalue weighted by Gasteiger charge is -2.04. The molecule has 0 atom stereocenters. The number of hydrogen-bond donors (Lipinski definition) is 0. The Kier molecular flexibility index (Phi) is 14.7. The summed E-state index contributed by atoms with van der Waals surface area (Å²) in [7, 11) is 0. The molecule has 464 valence electrons. The van der Waals surface area contributed by atoms with Gasteiger partial charge in [0.1, 0.15) is 55.2 Å². The van der Waals surface area contributed by atoms with E-state index in [1.165, 1.54) is 137 Å². The second-order valence-corrected chi connectivity index (χ2v) is 36.6. The first-order valence-corrected chi connectivity index (χ1v) is 41.9. The minimum atomic E-state index is 0.926. The Hall–Kier alpha value is -7.80. The van der Waals surface area contributed by atoms with Gasteiger partial charge in [-0.3, -0.25) is 0 Å². The van der Waals surface area contributed by atoms with E-state index in [0.29, 0.717) is 0 Å². The van der Waals surface area contributed by atoms with Crippen LogP contribution in [0.2, 0.25) is 0 Å². The Morgan fingerprint density at radius 2 is 0.268 bits per heavy atom. The molecule has 0 N–H and O–H groups in total. The molecule has 0 saturated heterocycles. The lowest BCUT2D eigenvalue weighted by Crippen LogP contribution is -1.81. The zero-order chi connectivity index (χ0) is 64.0. The van der Waals surface area contributed by atoms with E-state index in [9.17, 15) is 0 Å². The molecule has 97 heavy (non-hydrogen) atoms. The second-order valence-electron chi connectivity index (χ2n) is 22.7. The fourth-order valence-corrected chi connectivity index (χ4v) is 25.7. The quantitative estimate of drug-likeness (QED) is 0.104. The first-order valence-electron chi connectivity index (χ1n) is 30.1. The first kappa shape index (κ1) is 59.3. The minimum Gasteiger partial charge on any atom is -0.172 e. The molecule has 0 unspecified atom stereocenters. The Labute approximate surface area is 613 Å². The number of nitrogens with zero attached hydrogens (tertiary/aromatic N) is 10. The Morgan fingerprint density at radius 3 is 0.402 bits per heavy atom. The summed E-state index contributed by atoms with van der Waals surface area (Å²) in [5.41, 5.74) is 20.5. The smallest absolute Gasteiger partial charge is 0.114 e. The van der Waals surface area contributed by atoms with Crippen molar-refractivity contribution in [2.24, 2.45) is 0 Å². The van der Waals surface area contributed by atoms with Crippen LogP contribution in [-0.2, 0) is 0 Å². The molecule has 15 heterocycles. The van der Waals surface area contributed by atoms with Crippen LogP contribution in [0.1, 0.15) is 9.75 Å². The average molecular weight is 1520 g/mol. The Morgan fingerprint density at radius 1 is 0.144 bits per heavy atom. The molecule has 25 heteroatoms. The SMILES string of the molecule is Cc1ccc(-c2ccc(-c3ccc(-c4ccc(-c5ccc(-c6ccc(-c7ccc(-c8ccc(-c9ccc(-c%10ccc(-c%11ccc(-c%12ccc(-c%13ccc(-c%14ccc(-c%15ccc(C)s%15)c%15nsnc%14%15)s%13)s%12)c%12nsnc%11%12)s%10)s9)c9nsnc89)s7)s6)c6nsnc56)s4)s3)c3nsnc23)s1. The standard InChI is InChI=1S/C72H36N10S15/c1-33-3-15-45(83-33)35-5-7-37(65-63(35)73-93-75-65)47-17-25-55(85-47)57-27-19-49(87-57)39-9-11-41(69-67(39)77-95-79-69)51-21-29-59(89-51)61-31-23-53(91-61)43-13-14-44(72-71(43)81-97-82-72)54-24-32-62(92-54)60-30-22-52(90-60)42-12-10-40(68-70(42)80-96-78-68)50-20-28-58(88-50)56-26-18-48(86-56)38-8-6-36(46-16-4-34(2)84-46)64-66(38)76-94-74-64/h3-32H,1-2H3. The number of aromatic nitrogens is 10. The molecule has 0 amide bonds. The maximum absolute atomic E-state index is 4.92. The van der Waals surface area contributed by atoms with Crippen molar-refractivity contribution >= 4 is 227 Å². The fourth-order valence-electron chi connectivity index (χ4n) is 12.4. The molecule has 0 fully saturated rings. The van der Waals surface area contributed by atoms with Crippen molar-refractivity contribution in [3.05, 3.63) is 192 Å². The van der Waals surface area contributed by atoms with Crippen molar-refractivity contribution in [2.45, 2.75) is 13.8 Å². The molecule has 0 aliphatic rings. The summed E-state index contributed by atoms with van der Waals surface area (Å²) < 4.78 is 48.5. The molecular formula is C72H36N10S15. The van der Waals surface area contributed by atoms with E-state index in [2.05, 4.69) is 196 Å². The molecular weight excluding hydrogens is 1490 g/mol. The first-order chi connectivity index (χ1) is 47.8. The van der Waals surface area contributed by atoms with Crippen LogP contribution in [-0.4, -0.2) is 43.7 Å². The van der Waals surface area contributed by atoms with Crippen LogP contribution < -0.4 is 0 Å². The van der Waals surface area contributed by atoms with Gasteiger partial charge in [-0.15, -0.1) is 113 Å². The Balaban J connectivity index is 0.519. The predicted molar refractivity (Wildman–Crippen MR) is 426 cm³/mol. The van der Waals surface area contributed by atoms with Gasteiger partial charge in [-0.05, 0) is 135 Å². The number of rotatable bonds is 14. The molecule has 0 saturated carbocycles. The summed E-state index contributed by atoms with van der Waals surface area (Å²) in [6, 6.07) is 66.5. The van der Waals surface area contributed by atoms with Gasteiger partial charge >= 0.3 is 0 Å². The zero-order valence-electron chi connectivity index (χ0n) is 49.9. The summed E-state index contributed by atoms with van der Waals surface area (Å²) >= 11 is 24.3. The van der Waals surface area contributed by atoms with E-state index in [-0.39, 0.29) is 0 Å². The fraction of sp³-hybridized carbons (Fsp3) is 0.0278. The van der Waals surface area contributed by atoms with Crippen molar-refractivity contribution in [1.29, 1.82) is 0 Å². The van der Waals surface area contributed by atoms with Crippen molar-refractivity contribution in [3.8, 4) is 143 Å². The summed E-state index contributed by atoms with van der Waals surface area (Å²) in [5, 5.41) is 0. The third kappa shape index (κ3) is 10.2. The van der Waals surface area contributed by atoms with Gasteiger partial charge in [-0.2, -0.15) is 43.7 Å². The number of hydrogen-bond acceptors (Lipinski definition) is 25. The van der Waals surface area contributed by atoms with Crippen molar-refractivity contribution in [2.75, 3.05) is 0 Å². The number of benzene rings is 5.